The summed E-state index contributed by atoms with van der Waals surface area (Å²) in [5, 5.41) is 6.63. The number of nitrogens with one attached hydrogen (secondary N) is 2. The van der Waals surface area contributed by atoms with Crippen molar-refractivity contribution in [3.05, 3.63) is 0 Å². The molecule has 0 aromatic heterocycles. The topological polar surface area (TPSA) is 54.9 Å². The van der Waals surface area contributed by atoms with Crippen LogP contribution in [0.1, 0.15) is 58.3 Å². The molecular formula is C17H36IN3O2. The summed E-state index contributed by atoms with van der Waals surface area (Å²) in [4.78, 5) is 4.22. The van der Waals surface area contributed by atoms with Crippen LogP contribution in [0.2, 0.25) is 0 Å². The normalized spacial score (nSPS) is 15.5. The van der Waals surface area contributed by atoms with Crippen molar-refractivity contribution >= 4 is 29.9 Å². The van der Waals surface area contributed by atoms with Crippen LogP contribution in [0, 0.1) is 0 Å². The number of hydrogen-bond acceptors (Lipinski definition) is 3. The Kier molecular flexibility index (Phi) is 16.7. The number of hydrogen-bond donors (Lipinski definition) is 2. The smallest absolute Gasteiger partial charge is 0.190 e. The molecule has 1 rings (SSSR count). The first-order valence-corrected chi connectivity index (χ1v) is 9.00. The van der Waals surface area contributed by atoms with Crippen LogP contribution in [0.3, 0.4) is 0 Å². The van der Waals surface area contributed by atoms with Gasteiger partial charge in [-0.3, -0.25) is 4.99 Å². The average molecular weight is 441 g/mol. The van der Waals surface area contributed by atoms with Gasteiger partial charge in [-0.15, -0.1) is 24.0 Å². The number of aliphatic imine (C=N–C) groups is 1. The zero-order valence-electron chi connectivity index (χ0n) is 14.9. The van der Waals surface area contributed by atoms with Crippen LogP contribution in [0.4, 0.5) is 0 Å². The maximum Gasteiger partial charge on any atom is 0.190 e. The highest BCUT2D eigenvalue weighted by atomic mass is 127. The first kappa shape index (κ1) is 22.9. The molecule has 0 bridgehead atoms. The summed E-state index contributed by atoms with van der Waals surface area (Å²) in [7, 11) is 1.81. The summed E-state index contributed by atoms with van der Waals surface area (Å²) in [6.45, 7) is 6.52. The zero-order valence-corrected chi connectivity index (χ0v) is 17.3. The van der Waals surface area contributed by atoms with Gasteiger partial charge in [0.2, 0.25) is 0 Å². The van der Waals surface area contributed by atoms with E-state index < -0.39 is 0 Å². The van der Waals surface area contributed by atoms with Gasteiger partial charge in [0.25, 0.3) is 0 Å². The number of nitrogens with zero attached hydrogens (tertiary/aromatic N) is 1. The van der Waals surface area contributed by atoms with E-state index in [1.807, 2.05) is 7.05 Å². The van der Waals surface area contributed by atoms with E-state index in [9.17, 15) is 0 Å². The second-order valence-corrected chi connectivity index (χ2v) is 5.88. The van der Waals surface area contributed by atoms with Gasteiger partial charge in [-0.1, -0.05) is 26.2 Å². The molecule has 1 fully saturated rings. The van der Waals surface area contributed by atoms with Crippen molar-refractivity contribution < 1.29 is 9.47 Å². The van der Waals surface area contributed by atoms with Crippen molar-refractivity contribution in [1.29, 1.82) is 0 Å². The zero-order chi connectivity index (χ0) is 15.9. The van der Waals surface area contributed by atoms with Crippen LogP contribution in [0.5, 0.6) is 0 Å². The molecule has 1 aliphatic carbocycles. The standard InChI is InChI=1S/C17H35N3O2.HI/c1-3-4-13-21-14-7-11-19-17(18-2)20-12-8-15-22-16-9-5-6-10-16;/h16H,3-15H2,1-2H3,(H2,18,19,20);1H. The van der Waals surface area contributed by atoms with Crippen molar-refractivity contribution in [2.24, 2.45) is 4.99 Å². The third kappa shape index (κ3) is 12.9. The van der Waals surface area contributed by atoms with Gasteiger partial charge in [-0.2, -0.15) is 0 Å². The van der Waals surface area contributed by atoms with Crippen molar-refractivity contribution in [3.8, 4) is 0 Å². The molecule has 0 heterocycles. The van der Waals surface area contributed by atoms with Crippen LogP contribution in [0.15, 0.2) is 4.99 Å². The number of ether oxygens (including phenoxy) is 2. The van der Waals surface area contributed by atoms with E-state index in [4.69, 9.17) is 9.47 Å². The molecule has 0 spiro atoms. The fraction of sp³-hybridized carbons (Fsp3) is 0.941. The van der Waals surface area contributed by atoms with Gasteiger partial charge in [0.1, 0.15) is 0 Å². The summed E-state index contributed by atoms with van der Waals surface area (Å²) in [6, 6.07) is 0. The molecule has 138 valence electrons. The first-order chi connectivity index (χ1) is 10.9. The average Bonchev–Trinajstić information content (AvgIpc) is 3.05. The SMILES string of the molecule is CCCCOCCCNC(=NC)NCCCOC1CCCC1.I. The quantitative estimate of drug-likeness (QED) is 0.211. The molecule has 5 nitrogen and oxygen atoms in total. The third-order valence-electron chi connectivity index (χ3n) is 3.89. The van der Waals surface area contributed by atoms with Crippen LogP contribution < -0.4 is 10.6 Å². The molecule has 1 aliphatic rings. The number of halogens is 1. The van der Waals surface area contributed by atoms with Gasteiger partial charge < -0.3 is 20.1 Å². The van der Waals surface area contributed by atoms with Gasteiger partial charge in [0.05, 0.1) is 6.10 Å². The molecule has 0 radical (unpaired) electrons. The van der Waals surface area contributed by atoms with Crippen LogP contribution >= 0.6 is 24.0 Å². The highest BCUT2D eigenvalue weighted by Crippen LogP contribution is 2.20. The van der Waals surface area contributed by atoms with E-state index in [-0.39, 0.29) is 24.0 Å². The van der Waals surface area contributed by atoms with Crippen molar-refractivity contribution in [1.82, 2.24) is 10.6 Å². The van der Waals surface area contributed by atoms with Gasteiger partial charge in [-0.05, 0) is 32.1 Å². The summed E-state index contributed by atoms with van der Waals surface area (Å²) in [5.74, 6) is 0.870. The second kappa shape index (κ2) is 16.8. The maximum atomic E-state index is 5.85. The molecular weight excluding hydrogens is 405 g/mol. The minimum atomic E-state index is 0. The first-order valence-electron chi connectivity index (χ1n) is 9.00. The summed E-state index contributed by atoms with van der Waals surface area (Å²) >= 11 is 0. The Morgan fingerprint density at radius 3 is 2.22 bits per heavy atom. The van der Waals surface area contributed by atoms with E-state index in [1.54, 1.807) is 0 Å². The minimum Gasteiger partial charge on any atom is -0.381 e. The lowest BCUT2D eigenvalue weighted by Gasteiger charge is -2.13. The molecule has 0 unspecified atom stereocenters. The molecule has 0 atom stereocenters. The van der Waals surface area contributed by atoms with Crippen LogP contribution in [-0.4, -0.2) is 52.0 Å². The third-order valence-corrected chi connectivity index (χ3v) is 3.89. The van der Waals surface area contributed by atoms with Gasteiger partial charge in [0.15, 0.2) is 5.96 Å². The van der Waals surface area contributed by atoms with E-state index in [1.165, 1.54) is 32.1 Å². The minimum absolute atomic E-state index is 0. The van der Waals surface area contributed by atoms with Crippen LogP contribution in [-0.2, 0) is 9.47 Å². The largest absolute Gasteiger partial charge is 0.381 e. The summed E-state index contributed by atoms with van der Waals surface area (Å²) in [6.07, 6.45) is 10.1. The fourth-order valence-corrected chi connectivity index (χ4v) is 2.53. The molecule has 0 aromatic carbocycles. The lowest BCUT2D eigenvalue weighted by molar-refractivity contribution is 0.0574. The van der Waals surface area contributed by atoms with E-state index in [0.717, 1.165) is 58.1 Å². The highest BCUT2D eigenvalue weighted by Gasteiger charge is 2.14. The summed E-state index contributed by atoms with van der Waals surface area (Å²) in [5.41, 5.74) is 0. The fourth-order valence-electron chi connectivity index (χ4n) is 2.53. The van der Waals surface area contributed by atoms with E-state index in [2.05, 4.69) is 22.5 Å². The lowest BCUT2D eigenvalue weighted by atomic mass is 10.3. The predicted molar refractivity (Wildman–Crippen MR) is 108 cm³/mol. The number of guanidine groups is 1. The number of unbranched alkanes of at least 4 members (excludes halogenated alkanes) is 1. The molecule has 0 aliphatic heterocycles. The predicted octanol–water partition coefficient (Wildman–Crippen LogP) is 3.33. The Balaban J connectivity index is 0.00000484. The number of rotatable bonds is 12. The molecule has 2 N–H and O–H groups in total. The van der Waals surface area contributed by atoms with Crippen molar-refractivity contribution in [2.75, 3.05) is 40.0 Å². The molecule has 0 saturated heterocycles. The van der Waals surface area contributed by atoms with Crippen LogP contribution in [0.25, 0.3) is 0 Å². The molecule has 6 heteroatoms. The Morgan fingerprint density at radius 1 is 1.00 bits per heavy atom. The van der Waals surface area contributed by atoms with Crippen molar-refractivity contribution in [3.63, 3.8) is 0 Å². The monoisotopic (exact) mass is 441 g/mol. The maximum absolute atomic E-state index is 5.85. The molecule has 23 heavy (non-hydrogen) atoms. The van der Waals surface area contributed by atoms with E-state index >= 15 is 0 Å². The Labute approximate surface area is 159 Å². The summed E-state index contributed by atoms with van der Waals surface area (Å²) < 4.78 is 11.4. The van der Waals surface area contributed by atoms with E-state index in [0.29, 0.717) is 6.10 Å². The van der Waals surface area contributed by atoms with Gasteiger partial charge >= 0.3 is 0 Å². The Hall–Kier alpha value is -0.0800. The Bertz CT molecular complexity index is 285. The molecule has 0 amide bonds. The Morgan fingerprint density at radius 2 is 1.61 bits per heavy atom. The van der Waals surface area contributed by atoms with Gasteiger partial charge in [0, 0.05) is 40.0 Å². The lowest BCUT2D eigenvalue weighted by Crippen LogP contribution is -2.38. The van der Waals surface area contributed by atoms with Gasteiger partial charge in [-0.25, -0.2) is 0 Å². The molecule has 0 aromatic rings. The second-order valence-electron chi connectivity index (χ2n) is 5.88. The highest BCUT2D eigenvalue weighted by molar-refractivity contribution is 14.0. The van der Waals surface area contributed by atoms with Crippen molar-refractivity contribution in [2.45, 2.75) is 64.4 Å². The molecule has 1 saturated carbocycles.